The van der Waals surface area contributed by atoms with Gasteiger partial charge in [0.25, 0.3) is 0 Å². The van der Waals surface area contributed by atoms with E-state index in [-0.39, 0.29) is 6.04 Å². The van der Waals surface area contributed by atoms with E-state index in [2.05, 4.69) is 28.2 Å². The van der Waals surface area contributed by atoms with Crippen LogP contribution < -0.4 is 16.8 Å². The van der Waals surface area contributed by atoms with Crippen molar-refractivity contribution in [1.82, 2.24) is 0 Å². The van der Waals surface area contributed by atoms with Gasteiger partial charge in [0.05, 0.1) is 5.56 Å². The van der Waals surface area contributed by atoms with Gasteiger partial charge in [-0.3, -0.25) is 4.79 Å². The van der Waals surface area contributed by atoms with E-state index >= 15 is 0 Å². The molecule has 94 valence electrons. The van der Waals surface area contributed by atoms with Crippen LogP contribution in [0.1, 0.15) is 30.1 Å². The number of primary amides is 1. The molecule has 0 bridgehead atoms. The highest BCUT2D eigenvalue weighted by molar-refractivity contribution is 9.10. The van der Waals surface area contributed by atoms with E-state index in [4.69, 9.17) is 11.5 Å². The van der Waals surface area contributed by atoms with E-state index in [9.17, 15) is 4.79 Å². The lowest BCUT2D eigenvalue weighted by molar-refractivity contribution is 0.0999. The van der Waals surface area contributed by atoms with Gasteiger partial charge in [-0.05, 0) is 40.5 Å². The highest BCUT2D eigenvalue weighted by atomic mass is 79.9. The third-order valence-corrected chi connectivity index (χ3v) is 3.18. The molecule has 0 heterocycles. The Morgan fingerprint density at radius 2 is 2.24 bits per heavy atom. The quantitative estimate of drug-likeness (QED) is 0.752. The van der Waals surface area contributed by atoms with Crippen LogP contribution in [0.15, 0.2) is 22.7 Å². The van der Waals surface area contributed by atoms with Crippen LogP contribution in [0.25, 0.3) is 0 Å². The lowest BCUT2D eigenvalue weighted by Crippen LogP contribution is -2.28. The molecule has 1 unspecified atom stereocenters. The van der Waals surface area contributed by atoms with E-state index in [1.54, 1.807) is 6.07 Å². The van der Waals surface area contributed by atoms with Gasteiger partial charge in [0.15, 0.2) is 0 Å². The lowest BCUT2D eigenvalue weighted by Gasteiger charge is -2.17. The molecule has 0 aliphatic heterocycles. The van der Waals surface area contributed by atoms with Crippen molar-refractivity contribution in [2.24, 2.45) is 11.5 Å². The first-order chi connectivity index (χ1) is 8.08. The Hall–Kier alpha value is -1.07. The first-order valence-corrected chi connectivity index (χ1v) is 6.43. The Morgan fingerprint density at radius 1 is 1.53 bits per heavy atom. The summed E-state index contributed by atoms with van der Waals surface area (Å²) in [6.45, 7) is 2.71. The third kappa shape index (κ3) is 4.02. The van der Waals surface area contributed by atoms with Gasteiger partial charge in [-0.1, -0.05) is 13.3 Å². The SMILES string of the molecule is CCCC(CN)Nc1ccc(C(N)=O)c(Br)c1. The molecule has 1 atom stereocenters. The molecule has 0 radical (unpaired) electrons. The summed E-state index contributed by atoms with van der Waals surface area (Å²) in [5.74, 6) is -0.438. The van der Waals surface area contributed by atoms with Gasteiger partial charge in [-0.15, -0.1) is 0 Å². The lowest BCUT2D eigenvalue weighted by atomic mass is 10.1. The summed E-state index contributed by atoms with van der Waals surface area (Å²) in [5.41, 5.74) is 12.3. The second-order valence-electron chi connectivity index (χ2n) is 3.92. The van der Waals surface area contributed by atoms with Crippen molar-refractivity contribution in [3.8, 4) is 0 Å². The fourth-order valence-corrected chi connectivity index (χ4v) is 2.21. The average Bonchev–Trinajstić information content (AvgIpc) is 2.28. The Kier molecular flexibility index (Phi) is 5.44. The minimum atomic E-state index is -0.438. The van der Waals surface area contributed by atoms with E-state index < -0.39 is 5.91 Å². The van der Waals surface area contributed by atoms with Crippen LogP contribution in [0.4, 0.5) is 5.69 Å². The number of nitrogens with two attached hydrogens (primary N) is 2. The topological polar surface area (TPSA) is 81.1 Å². The van der Waals surface area contributed by atoms with Gasteiger partial charge in [0.1, 0.15) is 0 Å². The van der Waals surface area contributed by atoms with Crippen LogP contribution in [0, 0.1) is 0 Å². The largest absolute Gasteiger partial charge is 0.381 e. The summed E-state index contributed by atoms with van der Waals surface area (Å²) >= 11 is 3.33. The minimum Gasteiger partial charge on any atom is -0.381 e. The predicted octanol–water partition coefficient (Wildman–Crippen LogP) is 2.09. The van der Waals surface area contributed by atoms with Crippen molar-refractivity contribution >= 4 is 27.5 Å². The molecule has 17 heavy (non-hydrogen) atoms. The predicted molar refractivity (Wildman–Crippen MR) is 74.0 cm³/mol. The number of amides is 1. The molecular formula is C12H18BrN3O. The second-order valence-corrected chi connectivity index (χ2v) is 4.78. The Morgan fingerprint density at radius 3 is 2.71 bits per heavy atom. The van der Waals surface area contributed by atoms with Gasteiger partial charge >= 0.3 is 0 Å². The summed E-state index contributed by atoms with van der Waals surface area (Å²) in [6.07, 6.45) is 2.10. The number of halogens is 1. The number of hydrogen-bond donors (Lipinski definition) is 3. The van der Waals surface area contributed by atoms with Crippen LogP contribution in [-0.4, -0.2) is 18.5 Å². The van der Waals surface area contributed by atoms with Crippen molar-refractivity contribution in [3.63, 3.8) is 0 Å². The zero-order valence-corrected chi connectivity index (χ0v) is 11.5. The molecule has 0 saturated heterocycles. The van der Waals surface area contributed by atoms with Gasteiger partial charge in [-0.2, -0.15) is 0 Å². The molecule has 0 aliphatic rings. The Balaban J connectivity index is 2.79. The van der Waals surface area contributed by atoms with Crippen LogP contribution >= 0.6 is 15.9 Å². The van der Waals surface area contributed by atoms with Gasteiger partial charge in [0.2, 0.25) is 5.91 Å². The van der Waals surface area contributed by atoms with Crippen LogP contribution in [-0.2, 0) is 0 Å². The van der Waals surface area contributed by atoms with Gasteiger partial charge in [0, 0.05) is 22.7 Å². The first-order valence-electron chi connectivity index (χ1n) is 5.64. The molecule has 0 aliphatic carbocycles. The number of carbonyl (C=O) groups excluding carboxylic acids is 1. The number of hydrogen-bond acceptors (Lipinski definition) is 3. The van der Waals surface area contributed by atoms with E-state index in [0.29, 0.717) is 16.6 Å². The second kappa shape index (κ2) is 6.61. The molecule has 1 rings (SSSR count). The summed E-state index contributed by atoms with van der Waals surface area (Å²) in [4.78, 5) is 11.1. The fourth-order valence-electron chi connectivity index (χ4n) is 1.64. The summed E-state index contributed by atoms with van der Waals surface area (Å²) in [7, 11) is 0. The third-order valence-electron chi connectivity index (χ3n) is 2.53. The Labute approximate surface area is 110 Å². The molecule has 5 N–H and O–H groups in total. The molecule has 5 heteroatoms. The highest BCUT2D eigenvalue weighted by Crippen LogP contribution is 2.22. The molecule has 1 amide bonds. The molecule has 1 aromatic carbocycles. The maximum atomic E-state index is 11.1. The number of benzene rings is 1. The zero-order chi connectivity index (χ0) is 12.8. The molecule has 0 fully saturated rings. The molecule has 0 aromatic heterocycles. The van der Waals surface area contributed by atoms with Crippen LogP contribution in [0.2, 0.25) is 0 Å². The van der Waals surface area contributed by atoms with Crippen molar-refractivity contribution < 1.29 is 4.79 Å². The molecular weight excluding hydrogens is 282 g/mol. The zero-order valence-electron chi connectivity index (χ0n) is 9.87. The summed E-state index contributed by atoms with van der Waals surface area (Å²) in [6, 6.07) is 5.64. The van der Waals surface area contributed by atoms with Crippen molar-refractivity contribution in [3.05, 3.63) is 28.2 Å². The normalized spacial score (nSPS) is 12.2. The van der Waals surface area contributed by atoms with E-state index in [0.717, 1.165) is 18.5 Å². The van der Waals surface area contributed by atoms with Crippen molar-refractivity contribution in [1.29, 1.82) is 0 Å². The van der Waals surface area contributed by atoms with E-state index in [1.807, 2.05) is 12.1 Å². The van der Waals surface area contributed by atoms with Crippen LogP contribution in [0.5, 0.6) is 0 Å². The molecule has 4 nitrogen and oxygen atoms in total. The highest BCUT2D eigenvalue weighted by Gasteiger charge is 2.09. The van der Waals surface area contributed by atoms with Crippen molar-refractivity contribution in [2.75, 3.05) is 11.9 Å². The molecule has 0 spiro atoms. The smallest absolute Gasteiger partial charge is 0.249 e. The monoisotopic (exact) mass is 299 g/mol. The molecule has 0 saturated carbocycles. The number of rotatable bonds is 6. The maximum absolute atomic E-state index is 11.1. The Bertz CT molecular complexity index is 395. The first kappa shape index (κ1) is 14.0. The summed E-state index contributed by atoms with van der Waals surface area (Å²) < 4.78 is 0.697. The van der Waals surface area contributed by atoms with E-state index in [1.165, 1.54) is 0 Å². The maximum Gasteiger partial charge on any atom is 0.249 e. The standard InChI is InChI=1S/C12H18BrN3O/c1-2-3-9(7-14)16-8-4-5-10(12(15)17)11(13)6-8/h4-6,9,16H,2-3,7,14H2,1H3,(H2,15,17). The average molecular weight is 300 g/mol. The minimum absolute atomic E-state index is 0.256. The molecule has 1 aromatic rings. The van der Waals surface area contributed by atoms with Crippen LogP contribution in [0.3, 0.4) is 0 Å². The summed E-state index contributed by atoms with van der Waals surface area (Å²) in [5, 5.41) is 3.33. The van der Waals surface area contributed by atoms with Gasteiger partial charge in [-0.25, -0.2) is 0 Å². The fraction of sp³-hybridized carbons (Fsp3) is 0.417. The number of carbonyl (C=O) groups is 1. The number of anilines is 1. The van der Waals surface area contributed by atoms with Gasteiger partial charge < -0.3 is 16.8 Å². The van der Waals surface area contributed by atoms with Crippen molar-refractivity contribution in [2.45, 2.75) is 25.8 Å². The number of nitrogens with one attached hydrogen (secondary N) is 1.